The second-order valence-corrected chi connectivity index (χ2v) is 4.50. The Morgan fingerprint density at radius 3 is 2.52 bits per heavy atom. The van der Waals surface area contributed by atoms with Crippen molar-refractivity contribution >= 4 is 29.3 Å². The smallest absolute Gasteiger partial charge is 0.338 e. The zero-order valence-electron chi connectivity index (χ0n) is 11.3. The topological polar surface area (TPSA) is 101 Å². The number of carbonyl (C=O) groups excluding carboxylic acids is 2. The molecule has 21 heavy (non-hydrogen) atoms. The molecular weight excluding hydrogens is 300 g/mol. The molecule has 0 aliphatic carbocycles. The molecule has 0 heterocycles. The summed E-state index contributed by atoms with van der Waals surface area (Å²) in [5, 5.41) is 18.5. The van der Waals surface area contributed by atoms with Crippen LogP contribution in [0.4, 0.5) is 0 Å². The molecule has 1 rings (SSSR count). The van der Waals surface area contributed by atoms with Crippen LogP contribution in [0.15, 0.2) is 18.2 Å². The molecule has 0 bridgehead atoms. The van der Waals surface area contributed by atoms with Crippen molar-refractivity contribution in [3.8, 4) is 0 Å². The number of hydrogen-bond acceptors (Lipinski definition) is 5. The number of aliphatic carboxylic acids is 1. The minimum Gasteiger partial charge on any atom is -0.479 e. The molecule has 0 fully saturated rings. The van der Waals surface area contributed by atoms with E-state index in [0.717, 1.165) is 0 Å². The van der Waals surface area contributed by atoms with Crippen molar-refractivity contribution in [1.29, 1.82) is 0 Å². The average molecular weight is 315 g/mol. The zero-order chi connectivity index (χ0) is 16.0. The number of ketones is 1. The summed E-state index contributed by atoms with van der Waals surface area (Å²) in [6.07, 6.45) is -1.89. The number of aliphatic hydroxyl groups is 1. The van der Waals surface area contributed by atoms with Crippen LogP contribution < -0.4 is 0 Å². The average Bonchev–Trinajstić information content (AvgIpc) is 2.46. The van der Waals surface area contributed by atoms with Crippen molar-refractivity contribution in [3.05, 3.63) is 34.9 Å². The fourth-order valence-electron chi connectivity index (χ4n) is 1.73. The Hall–Kier alpha value is -1.92. The van der Waals surface area contributed by atoms with E-state index in [1.54, 1.807) is 6.92 Å². The molecule has 0 amide bonds. The highest BCUT2D eigenvalue weighted by molar-refractivity contribution is 6.19. The molecular formula is C14H15ClO6. The Labute approximate surface area is 126 Å². The van der Waals surface area contributed by atoms with E-state index < -0.39 is 23.8 Å². The van der Waals surface area contributed by atoms with Crippen LogP contribution in [0, 0.1) is 0 Å². The molecule has 0 spiro atoms. The zero-order valence-corrected chi connectivity index (χ0v) is 12.1. The van der Waals surface area contributed by atoms with Gasteiger partial charge >= 0.3 is 11.9 Å². The lowest BCUT2D eigenvalue weighted by Gasteiger charge is -2.13. The summed E-state index contributed by atoms with van der Waals surface area (Å²) < 4.78 is 4.82. The molecule has 0 aliphatic heterocycles. The largest absolute Gasteiger partial charge is 0.479 e. The molecule has 114 valence electrons. The van der Waals surface area contributed by atoms with E-state index in [1.165, 1.54) is 18.2 Å². The van der Waals surface area contributed by atoms with Gasteiger partial charge in [0.05, 0.1) is 12.2 Å². The first-order valence-corrected chi connectivity index (χ1v) is 6.76. The van der Waals surface area contributed by atoms with Crippen molar-refractivity contribution in [2.75, 3.05) is 12.5 Å². The van der Waals surface area contributed by atoms with Crippen molar-refractivity contribution in [1.82, 2.24) is 0 Å². The number of Topliss-reactive ketones (excluding diaryl/α,β-unsaturated/α-hetero) is 1. The van der Waals surface area contributed by atoms with Crippen LogP contribution in [-0.4, -0.2) is 40.4 Å². The third-order valence-corrected chi connectivity index (χ3v) is 2.90. The quantitative estimate of drug-likeness (QED) is 0.452. The minimum absolute atomic E-state index is 0.0346. The van der Waals surface area contributed by atoms with Gasteiger partial charge in [-0.25, -0.2) is 9.59 Å². The summed E-state index contributed by atoms with van der Waals surface area (Å²) in [6, 6.07) is 3.75. The van der Waals surface area contributed by atoms with Gasteiger partial charge in [-0.2, -0.15) is 0 Å². The molecule has 7 heteroatoms. The van der Waals surface area contributed by atoms with E-state index in [1.807, 2.05) is 0 Å². The second kappa shape index (κ2) is 7.75. The van der Waals surface area contributed by atoms with Gasteiger partial charge in [0.2, 0.25) is 0 Å². The molecule has 2 N–H and O–H groups in total. The SMILES string of the molecule is CCOC(=O)c1ccc(C(O)C(=O)O)c(C(=O)CCCl)c1. The fourth-order valence-corrected chi connectivity index (χ4v) is 1.90. The number of esters is 1. The summed E-state index contributed by atoms with van der Waals surface area (Å²) in [5.41, 5.74) is -0.0159. The van der Waals surface area contributed by atoms with Gasteiger partial charge in [0.15, 0.2) is 11.9 Å². The number of alkyl halides is 1. The first-order chi connectivity index (χ1) is 9.92. The van der Waals surface area contributed by atoms with Crippen LogP contribution >= 0.6 is 11.6 Å². The number of hydrogen-bond donors (Lipinski definition) is 2. The highest BCUT2D eigenvalue weighted by Gasteiger charge is 2.24. The van der Waals surface area contributed by atoms with E-state index >= 15 is 0 Å². The van der Waals surface area contributed by atoms with E-state index in [0.29, 0.717) is 0 Å². The Morgan fingerprint density at radius 2 is 2.00 bits per heavy atom. The lowest BCUT2D eigenvalue weighted by molar-refractivity contribution is -0.146. The monoisotopic (exact) mass is 314 g/mol. The number of rotatable bonds is 7. The molecule has 0 radical (unpaired) electrons. The standard InChI is InChI=1S/C14H15ClO6/c1-2-21-14(20)8-3-4-9(12(17)13(18)19)10(7-8)11(16)5-6-15/h3-4,7,12,17H,2,5-6H2,1H3,(H,18,19). The summed E-state index contributed by atoms with van der Waals surface area (Å²) >= 11 is 5.50. The number of aliphatic hydroxyl groups excluding tert-OH is 1. The normalized spacial score (nSPS) is 11.8. The van der Waals surface area contributed by atoms with Gasteiger partial charge in [-0.05, 0) is 19.1 Å². The third-order valence-electron chi connectivity index (χ3n) is 2.71. The second-order valence-electron chi connectivity index (χ2n) is 4.13. The first-order valence-electron chi connectivity index (χ1n) is 6.23. The van der Waals surface area contributed by atoms with Gasteiger partial charge in [0, 0.05) is 23.4 Å². The molecule has 1 aromatic carbocycles. The molecule has 0 saturated heterocycles. The van der Waals surface area contributed by atoms with Crippen molar-refractivity contribution < 1.29 is 29.3 Å². The molecule has 0 aromatic heterocycles. The Bertz CT molecular complexity index is 554. The van der Waals surface area contributed by atoms with Crippen LogP contribution in [0.3, 0.4) is 0 Å². The lowest BCUT2D eigenvalue weighted by Crippen LogP contribution is -2.17. The molecule has 1 unspecified atom stereocenters. The maximum Gasteiger partial charge on any atom is 0.338 e. The Kier molecular flexibility index (Phi) is 6.33. The van der Waals surface area contributed by atoms with E-state index in [9.17, 15) is 19.5 Å². The van der Waals surface area contributed by atoms with Gasteiger partial charge in [-0.3, -0.25) is 4.79 Å². The van der Waals surface area contributed by atoms with Crippen LogP contribution in [0.25, 0.3) is 0 Å². The van der Waals surface area contributed by atoms with Crippen molar-refractivity contribution in [2.45, 2.75) is 19.4 Å². The summed E-state index contributed by atoms with van der Waals surface area (Å²) in [5.74, 6) is -2.52. The molecule has 6 nitrogen and oxygen atoms in total. The van der Waals surface area contributed by atoms with Crippen molar-refractivity contribution in [2.24, 2.45) is 0 Å². The number of carboxylic acid groups (broad SMARTS) is 1. The molecule has 0 aliphatic rings. The number of carboxylic acids is 1. The van der Waals surface area contributed by atoms with Crippen LogP contribution in [0.1, 0.15) is 45.7 Å². The lowest BCUT2D eigenvalue weighted by atomic mass is 9.95. The van der Waals surface area contributed by atoms with E-state index in [-0.39, 0.29) is 35.6 Å². The maximum absolute atomic E-state index is 12.0. The Balaban J connectivity index is 3.29. The number of benzene rings is 1. The van der Waals surface area contributed by atoms with E-state index in [4.69, 9.17) is 21.4 Å². The van der Waals surface area contributed by atoms with Gasteiger partial charge in [-0.15, -0.1) is 11.6 Å². The van der Waals surface area contributed by atoms with E-state index in [2.05, 4.69) is 0 Å². The van der Waals surface area contributed by atoms with Crippen molar-refractivity contribution in [3.63, 3.8) is 0 Å². The summed E-state index contributed by atoms with van der Waals surface area (Å²) in [7, 11) is 0. The third kappa shape index (κ3) is 4.27. The van der Waals surface area contributed by atoms with Crippen LogP contribution in [-0.2, 0) is 9.53 Å². The first kappa shape index (κ1) is 17.1. The molecule has 1 atom stereocenters. The van der Waals surface area contributed by atoms with Gasteiger partial charge < -0.3 is 14.9 Å². The predicted molar refractivity (Wildman–Crippen MR) is 74.7 cm³/mol. The predicted octanol–water partition coefficient (Wildman–Crippen LogP) is 1.79. The maximum atomic E-state index is 12.0. The highest BCUT2D eigenvalue weighted by Crippen LogP contribution is 2.22. The highest BCUT2D eigenvalue weighted by atomic mass is 35.5. The van der Waals surface area contributed by atoms with Gasteiger partial charge in [0.1, 0.15) is 0 Å². The number of halogens is 1. The fraction of sp³-hybridized carbons (Fsp3) is 0.357. The minimum atomic E-state index is -1.85. The van der Waals surface area contributed by atoms with Gasteiger partial charge in [-0.1, -0.05) is 6.07 Å². The molecule has 0 saturated carbocycles. The van der Waals surface area contributed by atoms with Crippen LogP contribution in [0.5, 0.6) is 0 Å². The van der Waals surface area contributed by atoms with Crippen LogP contribution in [0.2, 0.25) is 0 Å². The van der Waals surface area contributed by atoms with Gasteiger partial charge in [0.25, 0.3) is 0 Å². The number of carbonyl (C=O) groups is 3. The Morgan fingerprint density at radius 1 is 1.33 bits per heavy atom. The summed E-state index contributed by atoms with van der Waals surface area (Å²) in [6.45, 7) is 1.81. The summed E-state index contributed by atoms with van der Waals surface area (Å²) in [4.78, 5) is 34.5. The molecule has 1 aromatic rings. The number of ether oxygens (including phenoxy) is 1.